The van der Waals surface area contributed by atoms with E-state index >= 15 is 0 Å². The molecule has 2 amide bonds. The standard InChI is InChI=1S/C35H38N2O2/c1-26-12-5-6-16-30(26)25-37(34(38)23-22-29-18-11-17-28-15-7-10-21-32(28)29)33(24-27-13-3-2-4-14-27)35(39)36-31-19-8-9-20-31/h2-7,10-18,21,31,33H,8-9,19-20,22-25H2,1H3,(H,36,39). The molecular weight excluding hydrogens is 480 g/mol. The molecule has 1 aliphatic carbocycles. The highest BCUT2D eigenvalue weighted by atomic mass is 16.2. The number of nitrogens with one attached hydrogen (secondary N) is 1. The predicted octanol–water partition coefficient (Wildman–Crippen LogP) is 6.78. The van der Waals surface area contributed by atoms with Gasteiger partial charge in [0.1, 0.15) is 6.04 Å². The van der Waals surface area contributed by atoms with Crippen LogP contribution >= 0.6 is 0 Å². The van der Waals surface area contributed by atoms with E-state index in [1.165, 1.54) is 10.8 Å². The van der Waals surface area contributed by atoms with E-state index in [1.54, 1.807) is 0 Å². The van der Waals surface area contributed by atoms with Crippen molar-refractivity contribution in [2.45, 2.75) is 70.5 Å². The molecule has 1 aliphatic rings. The fourth-order valence-electron chi connectivity index (χ4n) is 5.79. The van der Waals surface area contributed by atoms with Gasteiger partial charge in [-0.1, -0.05) is 110 Å². The molecule has 1 atom stereocenters. The Balaban J connectivity index is 1.44. The van der Waals surface area contributed by atoms with Crippen LogP contribution in [0.3, 0.4) is 0 Å². The summed E-state index contributed by atoms with van der Waals surface area (Å²) in [4.78, 5) is 29.8. The van der Waals surface area contributed by atoms with Crippen LogP contribution < -0.4 is 5.32 Å². The molecule has 4 aromatic carbocycles. The SMILES string of the molecule is Cc1ccccc1CN(C(=O)CCc1cccc2ccccc12)C(Cc1ccccc1)C(=O)NC1CCCC1. The molecule has 0 bridgehead atoms. The second-order valence-electron chi connectivity index (χ2n) is 10.8. The number of rotatable bonds is 10. The minimum Gasteiger partial charge on any atom is -0.352 e. The lowest BCUT2D eigenvalue weighted by Crippen LogP contribution is -2.52. The topological polar surface area (TPSA) is 49.4 Å². The van der Waals surface area contributed by atoms with E-state index in [-0.39, 0.29) is 17.9 Å². The number of carbonyl (C=O) groups excluding carboxylic acids is 2. The number of benzene rings is 4. The normalized spacial score (nSPS) is 14.3. The first kappa shape index (κ1) is 26.7. The maximum absolute atomic E-state index is 14.1. The fourth-order valence-corrected chi connectivity index (χ4v) is 5.79. The summed E-state index contributed by atoms with van der Waals surface area (Å²) in [6.45, 7) is 2.48. The Morgan fingerprint density at radius 2 is 1.49 bits per heavy atom. The van der Waals surface area contributed by atoms with Crippen LogP contribution in [-0.2, 0) is 29.0 Å². The van der Waals surface area contributed by atoms with Crippen molar-refractivity contribution in [1.82, 2.24) is 10.2 Å². The molecule has 0 saturated heterocycles. The van der Waals surface area contributed by atoms with Gasteiger partial charge in [0.25, 0.3) is 0 Å². The molecule has 0 radical (unpaired) electrons. The molecule has 1 unspecified atom stereocenters. The average Bonchev–Trinajstić information content (AvgIpc) is 3.48. The average molecular weight is 519 g/mol. The van der Waals surface area contributed by atoms with Crippen LogP contribution in [0.5, 0.6) is 0 Å². The number of hydrogen-bond donors (Lipinski definition) is 1. The van der Waals surface area contributed by atoms with Crippen molar-refractivity contribution in [1.29, 1.82) is 0 Å². The van der Waals surface area contributed by atoms with Crippen LogP contribution in [0.25, 0.3) is 10.8 Å². The summed E-state index contributed by atoms with van der Waals surface area (Å²) in [5, 5.41) is 5.66. The van der Waals surface area contributed by atoms with Crippen LogP contribution in [0.15, 0.2) is 97.1 Å². The molecule has 1 fully saturated rings. The first-order valence-electron chi connectivity index (χ1n) is 14.2. The smallest absolute Gasteiger partial charge is 0.243 e. The van der Waals surface area contributed by atoms with E-state index in [1.807, 2.05) is 59.5 Å². The summed E-state index contributed by atoms with van der Waals surface area (Å²) in [6.07, 6.45) is 5.78. The Morgan fingerprint density at radius 3 is 2.28 bits per heavy atom. The highest BCUT2D eigenvalue weighted by Crippen LogP contribution is 2.23. The largest absolute Gasteiger partial charge is 0.352 e. The summed E-state index contributed by atoms with van der Waals surface area (Å²) in [5.74, 6) is -0.0356. The van der Waals surface area contributed by atoms with Gasteiger partial charge in [0.15, 0.2) is 0 Å². The molecule has 4 nitrogen and oxygen atoms in total. The third-order valence-electron chi connectivity index (χ3n) is 8.06. The van der Waals surface area contributed by atoms with E-state index in [2.05, 4.69) is 54.7 Å². The third-order valence-corrected chi connectivity index (χ3v) is 8.06. The number of fused-ring (bicyclic) bond motifs is 1. The van der Waals surface area contributed by atoms with E-state index in [4.69, 9.17) is 0 Å². The highest BCUT2D eigenvalue weighted by Gasteiger charge is 2.32. The molecule has 5 rings (SSSR count). The van der Waals surface area contributed by atoms with Gasteiger partial charge in [0.2, 0.25) is 11.8 Å². The van der Waals surface area contributed by atoms with Crippen LogP contribution in [0, 0.1) is 6.92 Å². The van der Waals surface area contributed by atoms with E-state index in [0.29, 0.717) is 25.8 Å². The zero-order valence-corrected chi connectivity index (χ0v) is 22.8. The van der Waals surface area contributed by atoms with Crippen molar-refractivity contribution in [2.24, 2.45) is 0 Å². The summed E-state index contributed by atoms with van der Waals surface area (Å²) in [7, 11) is 0. The van der Waals surface area contributed by atoms with Gasteiger partial charge < -0.3 is 10.2 Å². The van der Waals surface area contributed by atoms with Crippen molar-refractivity contribution in [3.8, 4) is 0 Å². The van der Waals surface area contributed by atoms with Gasteiger partial charge >= 0.3 is 0 Å². The number of hydrogen-bond acceptors (Lipinski definition) is 2. The van der Waals surface area contributed by atoms with E-state index in [9.17, 15) is 9.59 Å². The second kappa shape index (κ2) is 12.8. The van der Waals surface area contributed by atoms with E-state index in [0.717, 1.165) is 47.9 Å². The molecule has 39 heavy (non-hydrogen) atoms. The number of carbonyl (C=O) groups is 2. The molecule has 1 N–H and O–H groups in total. The van der Waals surface area contributed by atoms with Gasteiger partial charge in [-0.05, 0) is 59.2 Å². The summed E-state index contributed by atoms with van der Waals surface area (Å²) < 4.78 is 0. The Hall–Kier alpha value is -3.92. The predicted molar refractivity (Wildman–Crippen MR) is 158 cm³/mol. The zero-order valence-electron chi connectivity index (χ0n) is 22.8. The Kier molecular flexibility index (Phi) is 8.72. The molecular formula is C35H38N2O2. The number of amides is 2. The molecule has 0 spiro atoms. The molecule has 4 aromatic rings. The van der Waals surface area contributed by atoms with Crippen LogP contribution in [0.2, 0.25) is 0 Å². The van der Waals surface area contributed by atoms with Crippen LogP contribution in [0.1, 0.15) is 54.4 Å². The first-order chi connectivity index (χ1) is 19.1. The van der Waals surface area contributed by atoms with Gasteiger partial charge in [-0.2, -0.15) is 0 Å². The maximum Gasteiger partial charge on any atom is 0.243 e. The molecule has 1 saturated carbocycles. The number of aryl methyl sites for hydroxylation is 2. The van der Waals surface area contributed by atoms with Gasteiger partial charge in [-0.3, -0.25) is 9.59 Å². The lowest BCUT2D eigenvalue weighted by atomic mass is 9.98. The molecule has 0 aliphatic heterocycles. The molecule has 0 aromatic heterocycles. The lowest BCUT2D eigenvalue weighted by molar-refractivity contribution is -0.141. The minimum absolute atomic E-state index is 0.00805. The van der Waals surface area contributed by atoms with Crippen LogP contribution in [-0.4, -0.2) is 28.8 Å². The number of nitrogens with zero attached hydrogens (tertiary/aromatic N) is 1. The monoisotopic (exact) mass is 518 g/mol. The minimum atomic E-state index is -0.576. The van der Waals surface area contributed by atoms with Crippen molar-refractivity contribution in [3.63, 3.8) is 0 Å². The van der Waals surface area contributed by atoms with Crippen molar-refractivity contribution in [2.75, 3.05) is 0 Å². The second-order valence-corrected chi connectivity index (χ2v) is 10.8. The van der Waals surface area contributed by atoms with Crippen LogP contribution in [0.4, 0.5) is 0 Å². The maximum atomic E-state index is 14.1. The quantitative estimate of drug-likeness (QED) is 0.252. The Morgan fingerprint density at radius 1 is 0.821 bits per heavy atom. The molecule has 0 heterocycles. The van der Waals surface area contributed by atoms with Crippen molar-refractivity contribution in [3.05, 3.63) is 119 Å². The Labute approximate surface area is 232 Å². The van der Waals surface area contributed by atoms with Crippen molar-refractivity contribution >= 4 is 22.6 Å². The van der Waals surface area contributed by atoms with Gasteiger partial charge in [0.05, 0.1) is 0 Å². The van der Waals surface area contributed by atoms with E-state index < -0.39 is 6.04 Å². The fraction of sp³-hybridized carbons (Fsp3) is 0.314. The summed E-state index contributed by atoms with van der Waals surface area (Å²) in [5.41, 5.74) is 4.41. The molecule has 200 valence electrons. The van der Waals surface area contributed by atoms with Gasteiger partial charge in [-0.15, -0.1) is 0 Å². The Bertz CT molecular complexity index is 1400. The first-order valence-corrected chi connectivity index (χ1v) is 14.2. The third kappa shape index (κ3) is 6.75. The summed E-state index contributed by atoms with van der Waals surface area (Å²) in [6, 6.07) is 32.4. The van der Waals surface area contributed by atoms with Crippen molar-refractivity contribution < 1.29 is 9.59 Å². The summed E-state index contributed by atoms with van der Waals surface area (Å²) >= 11 is 0. The van der Waals surface area contributed by atoms with Gasteiger partial charge in [-0.25, -0.2) is 0 Å². The lowest BCUT2D eigenvalue weighted by Gasteiger charge is -2.33. The highest BCUT2D eigenvalue weighted by molar-refractivity contribution is 5.89. The van der Waals surface area contributed by atoms with Gasteiger partial charge in [0, 0.05) is 25.4 Å². The molecule has 4 heteroatoms. The zero-order chi connectivity index (χ0) is 27.0.